The summed E-state index contributed by atoms with van der Waals surface area (Å²) in [6.45, 7) is 2.14. The molecule has 3 aromatic rings. The second-order valence-corrected chi connectivity index (χ2v) is 8.08. The van der Waals surface area contributed by atoms with Crippen LogP contribution in [0.15, 0.2) is 54.6 Å². The Morgan fingerprint density at radius 2 is 1.58 bits per heavy atom. The molecular weight excluding hydrogens is 400 g/mol. The summed E-state index contributed by atoms with van der Waals surface area (Å²) < 4.78 is 56.7. The summed E-state index contributed by atoms with van der Waals surface area (Å²) in [5.41, 5.74) is 4.21. The quantitative estimate of drug-likeness (QED) is 0.279. The summed E-state index contributed by atoms with van der Waals surface area (Å²) in [6, 6.07) is 12.1. The van der Waals surface area contributed by atoms with E-state index in [1.54, 1.807) is 18.2 Å². The smallest absolute Gasteiger partial charge is 0.159 e. The third-order valence-electron chi connectivity index (χ3n) is 5.95. The summed E-state index contributed by atoms with van der Waals surface area (Å²) in [6.07, 6.45) is 6.78. The molecule has 0 amide bonds. The fourth-order valence-electron chi connectivity index (χ4n) is 4.20. The Balaban J connectivity index is 1.58. The lowest BCUT2D eigenvalue weighted by Crippen LogP contribution is -2.07. The number of rotatable bonds is 6. The van der Waals surface area contributed by atoms with Crippen LogP contribution in [0.5, 0.6) is 0 Å². The molecule has 0 spiro atoms. The van der Waals surface area contributed by atoms with Gasteiger partial charge >= 0.3 is 0 Å². The maximum Gasteiger partial charge on any atom is 0.159 e. The van der Waals surface area contributed by atoms with Gasteiger partial charge in [0.2, 0.25) is 0 Å². The first-order valence-corrected chi connectivity index (χ1v) is 10.7. The highest BCUT2D eigenvalue weighted by atomic mass is 19.2. The number of hydrogen-bond donors (Lipinski definition) is 0. The fraction of sp³-hybridized carbons (Fsp3) is 0.259. The molecule has 0 radical (unpaired) electrons. The lowest BCUT2D eigenvalue weighted by atomic mass is 9.85. The van der Waals surface area contributed by atoms with Crippen LogP contribution in [0.2, 0.25) is 0 Å². The Labute approximate surface area is 180 Å². The molecule has 31 heavy (non-hydrogen) atoms. The normalized spacial score (nSPS) is 13.1. The summed E-state index contributed by atoms with van der Waals surface area (Å²) in [7, 11) is 0. The second-order valence-electron chi connectivity index (χ2n) is 8.08. The standard InChI is InChI=1S/C27H24F4/c1-2-3-4-5-17-6-10-21(25(29)14-17)18-7-11-22-19(15-18)8-12-23(27(22)31)20-9-13-24(28)26(30)16-20/h6-10,12-14,16H,2-5,11,15H2,1H3. The third-order valence-corrected chi connectivity index (χ3v) is 5.95. The van der Waals surface area contributed by atoms with Gasteiger partial charge in [0.15, 0.2) is 11.6 Å². The highest BCUT2D eigenvalue weighted by Crippen LogP contribution is 2.35. The number of halogens is 4. The predicted molar refractivity (Wildman–Crippen MR) is 117 cm³/mol. The Kier molecular flexibility index (Phi) is 6.26. The number of fused-ring (bicyclic) bond motifs is 1. The molecule has 1 aliphatic rings. The second kappa shape index (κ2) is 9.09. The first-order valence-electron chi connectivity index (χ1n) is 10.7. The van der Waals surface area contributed by atoms with E-state index in [4.69, 9.17) is 0 Å². The molecule has 0 aliphatic heterocycles. The van der Waals surface area contributed by atoms with Gasteiger partial charge in [-0.2, -0.15) is 0 Å². The molecule has 160 valence electrons. The van der Waals surface area contributed by atoms with Crippen molar-refractivity contribution < 1.29 is 17.6 Å². The van der Waals surface area contributed by atoms with E-state index in [1.807, 2.05) is 18.2 Å². The van der Waals surface area contributed by atoms with Crippen molar-refractivity contribution in [2.24, 2.45) is 0 Å². The van der Waals surface area contributed by atoms with Crippen molar-refractivity contribution >= 4 is 5.57 Å². The zero-order valence-corrected chi connectivity index (χ0v) is 17.5. The molecule has 0 fully saturated rings. The van der Waals surface area contributed by atoms with Crippen molar-refractivity contribution in [2.45, 2.75) is 45.4 Å². The SMILES string of the molecule is CCCCCc1ccc(C2=CCc3c(ccc(-c4ccc(F)c(F)c4)c3F)C2)c(F)c1. The molecule has 4 rings (SSSR count). The van der Waals surface area contributed by atoms with Gasteiger partial charge in [-0.25, -0.2) is 17.6 Å². The van der Waals surface area contributed by atoms with Crippen molar-refractivity contribution in [3.63, 3.8) is 0 Å². The van der Waals surface area contributed by atoms with Crippen molar-refractivity contribution in [2.75, 3.05) is 0 Å². The van der Waals surface area contributed by atoms with E-state index in [1.165, 1.54) is 6.07 Å². The van der Waals surface area contributed by atoms with Crippen LogP contribution in [0.1, 0.15) is 48.4 Å². The predicted octanol–water partition coefficient (Wildman–Crippen LogP) is 7.82. The topological polar surface area (TPSA) is 0 Å². The fourth-order valence-corrected chi connectivity index (χ4v) is 4.20. The van der Waals surface area contributed by atoms with Gasteiger partial charge in [0.05, 0.1) is 0 Å². The van der Waals surface area contributed by atoms with E-state index >= 15 is 4.39 Å². The molecule has 0 unspecified atom stereocenters. The number of allylic oxidation sites excluding steroid dienone is 2. The molecule has 0 aromatic heterocycles. The third kappa shape index (κ3) is 4.43. The van der Waals surface area contributed by atoms with Gasteiger partial charge in [0.1, 0.15) is 11.6 Å². The van der Waals surface area contributed by atoms with Gasteiger partial charge < -0.3 is 0 Å². The van der Waals surface area contributed by atoms with Crippen LogP contribution in [0.25, 0.3) is 16.7 Å². The maximum atomic E-state index is 15.2. The van der Waals surface area contributed by atoms with Gasteiger partial charge in [0, 0.05) is 11.1 Å². The van der Waals surface area contributed by atoms with Gasteiger partial charge in [0.25, 0.3) is 0 Å². The largest absolute Gasteiger partial charge is 0.206 e. The Bertz CT molecular complexity index is 1140. The van der Waals surface area contributed by atoms with Crippen LogP contribution < -0.4 is 0 Å². The molecule has 4 heteroatoms. The van der Waals surface area contributed by atoms with E-state index in [0.717, 1.165) is 54.5 Å². The molecule has 3 aromatic carbocycles. The maximum absolute atomic E-state index is 15.2. The van der Waals surface area contributed by atoms with Gasteiger partial charge in [-0.1, -0.05) is 56.2 Å². The highest BCUT2D eigenvalue weighted by Gasteiger charge is 2.21. The molecule has 0 heterocycles. The monoisotopic (exact) mass is 424 g/mol. The lowest BCUT2D eigenvalue weighted by molar-refractivity contribution is 0.509. The Morgan fingerprint density at radius 1 is 0.774 bits per heavy atom. The van der Waals surface area contributed by atoms with E-state index in [-0.39, 0.29) is 11.4 Å². The molecule has 0 saturated heterocycles. The molecule has 0 atom stereocenters. The summed E-state index contributed by atoms with van der Waals surface area (Å²) >= 11 is 0. The summed E-state index contributed by atoms with van der Waals surface area (Å²) in [5, 5.41) is 0. The number of unbranched alkanes of at least 4 members (excludes halogenated alkanes) is 2. The van der Waals surface area contributed by atoms with Crippen molar-refractivity contribution in [3.8, 4) is 11.1 Å². The zero-order chi connectivity index (χ0) is 22.0. The molecular formula is C27H24F4. The van der Waals surface area contributed by atoms with E-state index in [0.29, 0.717) is 29.5 Å². The molecule has 0 saturated carbocycles. The minimum Gasteiger partial charge on any atom is -0.206 e. The van der Waals surface area contributed by atoms with E-state index < -0.39 is 17.5 Å². The Morgan fingerprint density at radius 3 is 2.32 bits per heavy atom. The number of aryl methyl sites for hydroxylation is 1. The molecule has 0 nitrogen and oxygen atoms in total. The summed E-state index contributed by atoms with van der Waals surface area (Å²) in [4.78, 5) is 0. The number of benzene rings is 3. The van der Waals surface area contributed by atoms with Crippen molar-refractivity contribution in [3.05, 3.63) is 100 Å². The van der Waals surface area contributed by atoms with Crippen LogP contribution in [0.3, 0.4) is 0 Å². The van der Waals surface area contributed by atoms with Crippen LogP contribution in [0, 0.1) is 23.3 Å². The minimum atomic E-state index is -1.01. The average molecular weight is 424 g/mol. The summed E-state index contributed by atoms with van der Waals surface area (Å²) in [5.74, 6) is -2.66. The first kappa shape index (κ1) is 21.4. The zero-order valence-electron chi connectivity index (χ0n) is 17.5. The van der Waals surface area contributed by atoms with Crippen LogP contribution in [-0.2, 0) is 19.3 Å². The van der Waals surface area contributed by atoms with E-state index in [2.05, 4.69) is 6.92 Å². The minimum absolute atomic E-state index is 0.233. The molecule has 0 N–H and O–H groups in total. The Hall–Kier alpha value is -2.88. The van der Waals surface area contributed by atoms with Gasteiger partial charge in [-0.3, -0.25) is 0 Å². The highest BCUT2D eigenvalue weighted by molar-refractivity contribution is 5.73. The average Bonchev–Trinajstić information content (AvgIpc) is 2.76. The van der Waals surface area contributed by atoms with Gasteiger partial charge in [-0.05, 0) is 71.7 Å². The molecule has 1 aliphatic carbocycles. The number of hydrogen-bond acceptors (Lipinski definition) is 0. The van der Waals surface area contributed by atoms with Crippen LogP contribution in [-0.4, -0.2) is 0 Å². The van der Waals surface area contributed by atoms with Crippen LogP contribution >= 0.6 is 0 Å². The van der Waals surface area contributed by atoms with Gasteiger partial charge in [-0.15, -0.1) is 0 Å². The van der Waals surface area contributed by atoms with Crippen LogP contribution in [0.4, 0.5) is 17.6 Å². The van der Waals surface area contributed by atoms with Crippen molar-refractivity contribution in [1.82, 2.24) is 0 Å². The first-order chi connectivity index (χ1) is 15.0. The lowest BCUT2D eigenvalue weighted by Gasteiger charge is -2.20. The van der Waals surface area contributed by atoms with Crippen molar-refractivity contribution in [1.29, 1.82) is 0 Å². The van der Waals surface area contributed by atoms with E-state index in [9.17, 15) is 13.2 Å². The molecule has 0 bridgehead atoms.